The number of fused-ring (bicyclic) bond motifs is 4. The largest absolute Gasteiger partial charge is 0.462 e. The van der Waals surface area contributed by atoms with E-state index in [0.29, 0.717) is 0 Å². The van der Waals surface area contributed by atoms with Crippen LogP contribution >= 0.6 is 0 Å². The van der Waals surface area contributed by atoms with Crippen molar-refractivity contribution in [3.8, 4) is 0 Å². The molecule has 2 bridgehead atoms. The highest BCUT2D eigenvalue weighted by Crippen LogP contribution is 2.40. The molecule has 0 unspecified atom stereocenters. The molecule has 78 valence electrons. The van der Waals surface area contributed by atoms with Gasteiger partial charge in [0.05, 0.1) is 6.61 Å². The molecule has 0 aliphatic carbocycles. The van der Waals surface area contributed by atoms with Gasteiger partial charge in [-0.15, -0.1) is 0 Å². The van der Waals surface area contributed by atoms with Gasteiger partial charge >= 0.3 is 5.88 Å². The Labute approximate surface area is 81.9 Å². The number of hydrogen-bond donors (Lipinski definition) is 0. The summed E-state index contributed by atoms with van der Waals surface area (Å²) in [4.78, 5) is 21.4. The summed E-state index contributed by atoms with van der Waals surface area (Å²) < 4.78 is 14.6. The van der Waals surface area contributed by atoms with Gasteiger partial charge in [-0.1, -0.05) is 5.16 Å². The number of nitrogens with zero attached hydrogens (tertiary/aromatic N) is 2. The molecule has 3 heterocycles. The first-order valence-corrected chi connectivity index (χ1v) is 4.13. The van der Waals surface area contributed by atoms with Crippen LogP contribution in [0.4, 0.5) is 5.88 Å². The van der Waals surface area contributed by atoms with E-state index in [1.54, 1.807) is 0 Å². The lowest BCUT2D eigenvalue weighted by molar-refractivity contribution is -0.405. The standard InChI is InChI=1S/C7H4N2O6/c10-5-4-3(2-1-13-7(5)14-2)6(9(11)12)15-8-4/h2,7H,1H2/t2-,7-/m0/s1. The molecule has 8 heteroatoms. The second kappa shape index (κ2) is 2.61. The number of nitro groups is 1. The van der Waals surface area contributed by atoms with Crippen molar-refractivity contribution < 1.29 is 23.7 Å². The predicted octanol–water partition coefficient (Wildman–Crippen LogP) is 0.193. The molecule has 1 fully saturated rings. The highest BCUT2D eigenvalue weighted by atomic mass is 16.7. The fourth-order valence-corrected chi connectivity index (χ4v) is 1.69. The quantitative estimate of drug-likeness (QED) is 0.483. The topological polar surface area (TPSA) is 105 Å². The number of ketones is 1. The summed E-state index contributed by atoms with van der Waals surface area (Å²) in [5.74, 6) is -1.08. The molecule has 1 aromatic heterocycles. The monoisotopic (exact) mass is 212 g/mol. The zero-order chi connectivity index (χ0) is 10.6. The number of Topliss-reactive ketones (excluding diaryl/α,β-unsaturated/α-hetero) is 1. The van der Waals surface area contributed by atoms with Crippen LogP contribution < -0.4 is 0 Å². The van der Waals surface area contributed by atoms with Gasteiger partial charge in [0.1, 0.15) is 16.6 Å². The van der Waals surface area contributed by atoms with Gasteiger partial charge in [-0.2, -0.15) is 0 Å². The maximum absolute atomic E-state index is 11.5. The number of ether oxygens (including phenoxy) is 2. The van der Waals surface area contributed by atoms with E-state index in [2.05, 4.69) is 9.68 Å². The van der Waals surface area contributed by atoms with Crippen LogP contribution in [0.2, 0.25) is 0 Å². The van der Waals surface area contributed by atoms with Gasteiger partial charge in [0, 0.05) is 0 Å². The Bertz CT molecular complexity index is 466. The number of carbonyl (C=O) groups excluding carboxylic acids is 1. The molecule has 0 radical (unpaired) electrons. The van der Waals surface area contributed by atoms with Gasteiger partial charge < -0.3 is 9.47 Å². The average molecular weight is 212 g/mol. The minimum Gasteiger partial charge on any atom is -0.343 e. The molecule has 0 spiro atoms. The van der Waals surface area contributed by atoms with Crippen LogP contribution in [0.3, 0.4) is 0 Å². The molecule has 0 saturated carbocycles. The van der Waals surface area contributed by atoms with Gasteiger partial charge in [0.25, 0.3) is 0 Å². The summed E-state index contributed by atoms with van der Waals surface area (Å²) >= 11 is 0. The summed E-state index contributed by atoms with van der Waals surface area (Å²) in [5, 5.41) is 14.0. The summed E-state index contributed by atoms with van der Waals surface area (Å²) in [7, 11) is 0. The molecule has 1 saturated heterocycles. The zero-order valence-electron chi connectivity index (χ0n) is 7.21. The van der Waals surface area contributed by atoms with Crippen LogP contribution in [-0.2, 0) is 9.47 Å². The van der Waals surface area contributed by atoms with E-state index in [0.717, 1.165) is 0 Å². The zero-order valence-corrected chi connectivity index (χ0v) is 7.21. The highest BCUT2D eigenvalue weighted by molar-refractivity contribution is 6.00. The van der Waals surface area contributed by atoms with E-state index < -0.39 is 29.0 Å². The third kappa shape index (κ3) is 0.969. The Balaban J connectivity index is 2.21. The third-order valence-electron chi connectivity index (χ3n) is 2.33. The van der Waals surface area contributed by atoms with Crippen molar-refractivity contribution in [2.45, 2.75) is 12.4 Å². The fraction of sp³-hybridized carbons (Fsp3) is 0.429. The molecule has 3 rings (SSSR count). The van der Waals surface area contributed by atoms with Crippen molar-refractivity contribution in [1.29, 1.82) is 0 Å². The Morgan fingerprint density at radius 1 is 1.53 bits per heavy atom. The summed E-state index contributed by atoms with van der Waals surface area (Å²) in [6.45, 7) is 0.103. The molecular weight excluding hydrogens is 208 g/mol. The molecule has 2 atom stereocenters. The van der Waals surface area contributed by atoms with Gasteiger partial charge in [0.15, 0.2) is 5.69 Å². The first-order chi connectivity index (χ1) is 7.18. The molecule has 8 nitrogen and oxygen atoms in total. The Hall–Kier alpha value is -1.80. The number of rotatable bonds is 1. The average Bonchev–Trinajstić information content (AvgIpc) is 2.80. The van der Waals surface area contributed by atoms with Crippen LogP contribution in [0, 0.1) is 10.1 Å². The molecule has 1 aromatic rings. The summed E-state index contributed by atoms with van der Waals surface area (Å²) in [5.41, 5.74) is 0.0270. The first-order valence-electron chi connectivity index (χ1n) is 4.13. The Morgan fingerprint density at radius 2 is 2.33 bits per heavy atom. The number of hydrogen-bond acceptors (Lipinski definition) is 7. The molecule has 0 N–H and O–H groups in total. The lowest BCUT2D eigenvalue weighted by atomic mass is 10.1. The van der Waals surface area contributed by atoms with Crippen molar-refractivity contribution in [2.75, 3.05) is 6.61 Å². The highest BCUT2D eigenvalue weighted by Gasteiger charge is 2.48. The molecule has 15 heavy (non-hydrogen) atoms. The lowest BCUT2D eigenvalue weighted by Gasteiger charge is -2.13. The van der Waals surface area contributed by atoms with E-state index in [1.807, 2.05) is 0 Å². The maximum atomic E-state index is 11.5. The second-order valence-electron chi connectivity index (χ2n) is 3.16. The minimum atomic E-state index is -0.993. The van der Waals surface area contributed by atoms with Crippen molar-refractivity contribution in [3.63, 3.8) is 0 Å². The summed E-state index contributed by atoms with van der Waals surface area (Å²) in [6.07, 6.45) is -1.62. The third-order valence-corrected chi connectivity index (χ3v) is 2.33. The van der Waals surface area contributed by atoms with E-state index >= 15 is 0 Å². The minimum absolute atomic E-state index is 0.0551. The normalized spacial score (nSPS) is 27.9. The van der Waals surface area contributed by atoms with Gasteiger partial charge in [-0.3, -0.25) is 19.4 Å². The van der Waals surface area contributed by atoms with Crippen molar-refractivity contribution in [2.24, 2.45) is 0 Å². The van der Waals surface area contributed by atoms with Crippen LogP contribution in [-0.4, -0.2) is 28.8 Å². The van der Waals surface area contributed by atoms with Gasteiger partial charge in [0.2, 0.25) is 12.1 Å². The maximum Gasteiger partial charge on any atom is 0.462 e. The predicted molar refractivity (Wildman–Crippen MR) is 41.1 cm³/mol. The second-order valence-corrected chi connectivity index (χ2v) is 3.16. The van der Waals surface area contributed by atoms with Gasteiger partial charge in [-0.05, 0) is 0 Å². The van der Waals surface area contributed by atoms with E-state index in [9.17, 15) is 14.9 Å². The van der Waals surface area contributed by atoms with E-state index in [-0.39, 0.29) is 17.9 Å². The van der Waals surface area contributed by atoms with Crippen LogP contribution in [0.15, 0.2) is 4.52 Å². The smallest absolute Gasteiger partial charge is 0.343 e. The van der Waals surface area contributed by atoms with Crippen LogP contribution in [0.25, 0.3) is 0 Å². The van der Waals surface area contributed by atoms with Crippen molar-refractivity contribution in [1.82, 2.24) is 5.16 Å². The van der Waals surface area contributed by atoms with Crippen LogP contribution in [0.1, 0.15) is 22.2 Å². The molecule has 2 aliphatic rings. The number of aromatic nitrogens is 1. The Kier molecular flexibility index (Phi) is 1.48. The molecule has 0 aromatic carbocycles. The van der Waals surface area contributed by atoms with E-state index in [1.165, 1.54) is 0 Å². The van der Waals surface area contributed by atoms with Crippen molar-refractivity contribution in [3.05, 3.63) is 21.4 Å². The Morgan fingerprint density at radius 3 is 3.07 bits per heavy atom. The van der Waals surface area contributed by atoms with Crippen molar-refractivity contribution >= 4 is 11.7 Å². The van der Waals surface area contributed by atoms with E-state index in [4.69, 9.17) is 9.47 Å². The van der Waals surface area contributed by atoms with Crippen LogP contribution in [0.5, 0.6) is 0 Å². The lowest BCUT2D eigenvalue weighted by Crippen LogP contribution is -2.27. The van der Waals surface area contributed by atoms with Gasteiger partial charge in [-0.25, -0.2) is 0 Å². The molecular formula is C7H4N2O6. The first kappa shape index (κ1) is 8.50. The SMILES string of the molecule is O=C1c2noc([N+](=O)[O-])c2[C@@H]2CO[C@H]1O2. The fourth-order valence-electron chi connectivity index (χ4n) is 1.69. The molecule has 0 amide bonds. The summed E-state index contributed by atoms with van der Waals surface area (Å²) in [6, 6.07) is 0. The number of carbonyl (C=O) groups is 1. The molecule has 2 aliphatic heterocycles.